The highest BCUT2D eigenvalue weighted by Gasteiger charge is 2.16. The molecule has 0 unspecified atom stereocenters. The number of carbonyl (C=O) groups is 3. The Bertz CT molecular complexity index is 1320. The minimum Gasteiger partial charge on any atom is -0.355 e. The van der Waals surface area contributed by atoms with Crippen molar-refractivity contribution in [1.82, 2.24) is 15.4 Å². The number of hydrogen-bond donors (Lipinski definition) is 3. The van der Waals surface area contributed by atoms with Gasteiger partial charge in [-0.1, -0.05) is 64.7 Å². The van der Waals surface area contributed by atoms with Crippen molar-refractivity contribution in [3.8, 4) is 11.3 Å². The fourth-order valence-electron chi connectivity index (χ4n) is 2.80. The second-order valence-corrected chi connectivity index (χ2v) is 9.07. The Kier molecular flexibility index (Phi) is 7.30. The molecule has 4 rings (SSSR count). The first-order valence-electron chi connectivity index (χ1n) is 9.93. The van der Waals surface area contributed by atoms with Gasteiger partial charge in [-0.05, 0) is 18.2 Å². The number of hydrogen-bond acceptors (Lipinski definition) is 9. The standard InChI is InChI=1S/C22H18N6O4S2/c1-13(29)23-15-8-5-9-16(10-15)24-19(30)12-33-22-27-26-21(34-22)25-20(31)17-11-18(32-28-17)14-6-3-2-4-7-14/h2-11H,12H2,1H3,(H,23,29)(H,24,30)(H,25,26,31). The third-order valence-electron chi connectivity index (χ3n) is 4.22. The van der Waals surface area contributed by atoms with E-state index < -0.39 is 5.91 Å². The van der Waals surface area contributed by atoms with Crippen LogP contribution >= 0.6 is 23.1 Å². The lowest BCUT2D eigenvalue weighted by atomic mass is 10.1. The van der Waals surface area contributed by atoms with E-state index in [1.807, 2.05) is 30.3 Å². The molecule has 0 saturated heterocycles. The lowest BCUT2D eigenvalue weighted by Gasteiger charge is -2.07. The maximum Gasteiger partial charge on any atom is 0.279 e. The predicted octanol–water partition coefficient (Wildman–Crippen LogP) is 4.13. The first kappa shape index (κ1) is 23.1. The summed E-state index contributed by atoms with van der Waals surface area (Å²) in [6.45, 7) is 1.41. The van der Waals surface area contributed by atoms with E-state index in [-0.39, 0.29) is 28.4 Å². The fourth-order valence-corrected chi connectivity index (χ4v) is 4.35. The summed E-state index contributed by atoms with van der Waals surface area (Å²) < 4.78 is 5.76. The summed E-state index contributed by atoms with van der Waals surface area (Å²) in [4.78, 5) is 35.9. The van der Waals surface area contributed by atoms with Crippen LogP contribution in [0.5, 0.6) is 0 Å². The SMILES string of the molecule is CC(=O)Nc1cccc(NC(=O)CSc2nnc(NC(=O)c3cc(-c4ccccc4)on3)s2)c1. The number of rotatable bonds is 8. The van der Waals surface area contributed by atoms with Gasteiger partial charge < -0.3 is 15.2 Å². The molecule has 3 amide bonds. The van der Waals surface area contributed by atoms with Crippen LogP contribution in [0.1, 0.15) is 17.4 Å². The number of thioether (sulfide) groups is 1. The third-order valence-corrected chi connectivity index (χ3v) is 6.19. The molecule has 0 radical (unpaired) electrons. The quantitative estimate of drug-likeness (QED) is 0.245. The average molecular weight is 495 g/mol. The van der Waals surface area contributed by atoms with E-state index >= 15 is 0 Å². The van der Waals surface area contributed by atoms with Crippen LogP contribution in [0.2, 0.25) is 0 Å². The molecule has 0 atom stereocenters. The van der Waals surface area contributed by atoms with Crippen LogP contribution in [0.4, 0.5) is 16.5 Å². The Morgan fingerprint density at radius 1 is 0.941 bits per heavy atom. The number of amides is 3. The van der Waals surface area contributed by atoms with Crippen LogP contribution in [0.15, 0.2) is 69.5 Å². The second-order valence-electron chi connectivity index (χ2n) is 6.87. The van der Waals surface area contributed by atoms with Gasteiger partial charge >= 0.3 is 0 Å². The van der Waals surface area contributed by atoms with Gasteiger partial charge in [0.25, 0.3) is 5.91 Å². The number of aromatic nitrogens is 3. The largest absolute Gasteiger partial charge is 0.355 e. The molecule has 0 aliphatic rings. The van der Waals surface area contributed by atoms with Gasteiger partial charge in [-0.2, -0.15) is 0 Å². The van der Waals surface area contributed by atoms with E-state index in [4.69, 9.17) is 4.52 Å². The van der Waals surface area contributed by atoms with Crippen molar-refractivity contribution in [2.75, 3.05) is 21.7 Å². The molecule has 2 aromatic heterocycles. The zero-order valence-electron chi connectivity index (χ0n) is 17.8. The molecule has 0 spiro atoms. The molecule has 0 bridgehead atoms. The van der Waals surface area contributed by atoms with E-state index in [9.17, 15) is 14.4 Å². The highest BCUT2D eigenvalue weighted by molar-refractivity contribution is 8.01. The highest BCUT2D eigenvalue weighted by Crippen LogP contribution is 2.26. The Morgan fingerprint density at radius 2 is 1.71 bits per heavy atom. The van der Waals surface area contributed by atoms with E-state index in [0.29, 0.717) is 21.5 Å². The smallest absolute Gasteiger partial charge is 0.279 e. The summed E-state index contributed by atoms with van der Waals surface area (Å²) in [6, 6.07) is 17.7. The summed E-state index contributed by atoms with van der Waals surface area (Å²) in [5.41, 5.74) is 2.07. The van der Waals surface area contributed by atoms with E-state index in [0.717, 1.165) is 16.9 Å². The van der Waals surface area contributed by atoms with Gasteiger partial charge in [0.05, 0.1) is 5.75 Å². The van der Waals surface area contributed by atoms with Gasteiger partial charge in [-0.15, -0.1) is 10.2 Å². The Morgan fingerprint density at radius 3 is 2.47 bits per heavy atom. The lowest BCUT2D eigenvalue weighted by molar-refractivity contribution is -0.114. The van der Waals surface area contributed by atoms with Gasteiger partial charge in [-0.25, -0.2) is 0 Å². The summed E-state index contributed by atoms with van der Waals surface area (Å²) in [5.74, 6) is -0.347. The minimum absolute atomic E-state index is 0.0939. The summed E-state index contributed by atoms with van der Waals surface area (Å²) >= 11 is 2.32. The van der Waals surface area contributed by atoms with Crippen molar-refractivity contribution in [3.63, 3.8) is 0 Å². The van der Waals surface area contributed by atoms with E-state index in [1.54, 1.807) is 30.3 Å². The molecule has 2 heterocycles. The summed E-state index contributed by atoms with van der Waals surface area (Å²) in [6.07, 6.45) is 0. The third kappa shape index (κ3) is 6.27. The van der Waals surface area contributed by atoms with Crippen molar-refractivity contribution < 1.29 is 18.9 Å². The van der Waals surface area contributed by atoms with Crippen LogP contribution in [0.3, 0.4) is 0 Å². The van der Waals surface area contributed by atoms with Gasteiger partial charge in [0, 0.05) is 29.9 Å². The van der Waals surface area contributed by atoms with E-state index in [2.05, 4.69) is 31.3 Å². The van der Waals surface area contributed by atoms with Gasteiger partial charge in [0.2, 0.25) is 16.9 Å². The van der Waals surface area contributed by atoms with Crippen LogP contribution < -0.4 is 16.0 Å². The molecule has 12 heteroatoms. The number of benzene rings is 2. The number of carbonyl (C=O) groups excluding carboxylic acids is 3. The van der Waals surface area contributed by atoms with E-state index in [1.165, 1.54) is 18.7 Å². The molecule has 0 saturated carbocycles. The van der Waals surface area contributed by atoms with Crippen molar-refractivity contribution in [1.29, 1.82) is 0 Å². The zero-order chi connectivity index (χ0) is 23.9. The number of anilines is 3. The van der Waals surface area contributed by atoms with Crippen LogP contribution in [0, 0.1) is 0 Å². The first-order chi connectivity index (χ1) is 16.5. The molecular weight excluding hydrogens is 476 g/mol. The predicted molar refractivity (Wildman–Crippen MR) is 130 cm³/mol. The van der Waals surface area contributed by atoms with Crippen LogP contribution in [-0.2, 0) is 9.59 Å². The highest BCUT2D eigenvalue weighted by atomic mass is 32.2. The zero-order valence-corrected chi connectivity index (χ0v) is 19.4. The number of nitrogens with zero attached hydrogens (tertiary/aromatic N) is 3. The van der Waals surface area contributed by atoms with Gasteiger partial charge in [-0.3, -0.25) is 19.7 Å². The van der Waals surface area contributed by atoms with Crippen LogP contribution in [0.25, 0.3) is 11.3 Å². The topological polar surface area (TPSA) is 139 Å². The maximum absolute atomic E-state index is 12.4. The molecule has 10 nitrogen and oxygen atoms in total. The Hall–Kier alpha value is -4.03. The second kappa shape index (κ2) is 10.7. The lowest BCUT2D eigenvalue weighted by Crippen LogP contribution is -2.14. The molecule has 3 N–H and O–H groups in total. The van der Waals surface area contributed by atoms with Crippen molar-refractivity contribution in [2.24, 2.45) is 0 Å². The van der Waals surface area contributed by atoms with Crippen molar-refractivity contribution in [3.05, 3.63) is 66.4 Å². The maximum atomic E-state index is 12.4. The normalized spacial score (nSPS) is 10.5. The van der Waals surface area contributed by atoms with Crippen molar-refractivity contribution >= 4 is 57.3 Å². The molecule has 0 aliphatic carbocycles. The van der Waals surface area contributed by atoms with Gasteiger partial charge in [0.15, 0.2) is 15.8 Å². The van der Waals surface area contributed by atoms with Gasteiger partial charge in [0.1, 0.15) is 0 Å². The Balaban J connectivity index is 1.28. The van der Waals surface area contributed by atoms with Crippen molar-refractivity contribution in [2.45, 2.75) is 11.3 Å². The molecule has 34 heavy (non-hydrogen) atoms. The molecule has 4 aromatic rings. The first-order valence-corrected chi connectivity index (χ1v) is 11.7. The number of nitrogens with one attached hydrogen (secondary N) is 3. The molecule has 0 fully saturated rings. The molecule has 172 valence electrons. The summed E-state index contributed by atoms with van der Waals surface area (Å²) in [5, 5.41) is 20.0. The molecule has 2 aromatic carbocycles. The fraction of sp³-hybridized carbons (Fsp3) is 0.0909. The average Bonchev–Trinajstić information content (AvgIpc) is 3.48. The molecular formula is C22H18N6O4S2. The monoisotopic (exact) mass is 494 g/mol. The minimum atomic E-state index is -0.476. The molecule has 0 aliphatic heterocycles. The van der Waals surface area contributed by atoms with Crippen LogP contribution in [-0.4, -0.2) is 38.8 Å². The Labute approximate surface area is 202 Å². The summed E-state index contributed by atoms with van der Waals surface area (Å²) in [7, 11) is 0.